The molecule has 0 saturated carbocycles. The van der Waals surface area contributed by atoms with Gasteiger partial charge in [0.1, 0.15) is 0 Å². The highest BCUT2D eigenvalue weighted by Crippen LogP contribution is 2.15. The molecular weight excluding hydrogens is 640 g/mol. The Hall–Kier alpha value is -4.39. The zero-order valence-corrected chi connectivity index (χ0v) is 27.0. The van der Waals surface area contributed by atoms with Gasteiger partial charge in [-0.3, -0.25) is 43.5 Å². The first-order valence-corrected chi connectivity index (χ1v) is 15.2. The predicted octanol–water partition coefficient (Wildman–Crippen LogP) is -0.480. The van der Waals surface area contributed by atoms with E-state index in [1.807, 2.05) is 0 Å². The van der Waals surface area contributed by atoms with E-state index in [4.69, 9.17) is 22.4 Å². The summed E-state index contributed by atoms with van der Waals surface area (Å²) in [6, 6.07) is 6.12. The third-order valence-corrected chi connectivity index (χ3v) is 7.05. The van der Waals surface area contributed by atoms with Gasteiger partial charge in [0.2, 0.25) is 5.91 Å². The first kappa shape index (κ1) is 40.6. The summed E-state index contributed by atoms with van der Waals surface area (Å²) >= 11 is 5.34. The number of carboxylic acid groups (broad SMARTS) is 5. The monoisotopic (exact) mass is 684 g/mol. The average molecular weight is 685 g/mol. The largest absolute Gasteiger partial charge is 0.480 e. The molecule has 0 saturated heterocycles. The van der Waals surface area contributed by atoms with Crippen LogP contribution in [-0.4, -0.2) is 153 Å². The topological polar surface area (TPSA) is 249 Å². The van der Waals surface area contributed by atoms with E-state index in [2.05, 4.69) is 16.0 Å². The lowest BCUT2D eigenvalue weighted by Crippen LogP contribution is -2.51. The SMILES string of the molecule is CNC(=O)CCCCCNC(=S)Nc1ccc(C[C@H](CN(CCN(CC(=O)O)CC(=O)O)CC(=O)O)N(CC(=O)O)CC(=O)O)cc1. The van der Waals surface area contributed by atoms with E-state index in [1.54, 1.807) is 31.3 Å². The molecule has 0 fully saturated rings. The maximum Gasteiger partial charge on any atom is 0.317 e. The van der Waals surface area contributed by atoms with Crippen molar-refractivity contribution in [2.45, 2.75) is 38.1 Å². The van der Waals surface area contributed by atoms with Gasteiger partial charge < -0.3 is 41.5 Å². The Bertz CT molecular complexity index is 1190. The van der Waals surface area contributed by atoms with Crippen molar-refractivity contribution >= 4 is 58.8 Å². The average Bonchev–Trinajstić information content (AvgIpc) is 2.96. The van der Waals surface area contributed by atoms with Crippen molar-refractivity contribution in [3.05, 3.63) is 29.8 Å². The number of carboxylic acids is 5. The maximum absolute atomic E-state index is 11.7. The standard InChI is InChI=1S/C29H44N6O11S/c1-30-23(36)5-3-2-4-10-31-29(47)32-21-8-6-20(7-9-21)13-22(35(18-27(43)44)19-28(45)46)14-33(15-24(37)38)11-12-34(16-25(39)40)17-26(41)42/h6-9,22H,2-5,10-19H2,1H3,(H,30,36)(H,37,38)(H,39,40)(H,41,42)(H,43,44)(H,45,46)(H2,31,32,47)/t22-/m1/s1. The minimum absolute atomic E-state index is 0.00344. The van der Waals surface area contributed by atoms with Crippen LogP contribution >= 0.6 is 12.2 Å². The summed E-state index contributed by atoms with van der Waals surface area (Å²) in [4.78, 5) is 72.3. The van der Waals surface area contributed by atoms with Gasteiger partial charge in [-0.15, -0.1) is 0 Å². The second-order valence-corrected chi connectivity index (χ2v) is 11.1. The number of thiocarbonyl (C=S) groups is 1. The molecule has 1 rings (SSSR count). The molecule has 0 aliphatic heterocycles. The van der Waals surface area contributed by atoms with Crippen LogP contribution in [0, 0.1) is 0 Å². The molecule has 1 amide bonds. The van der Waals surface area contributed by atoms with Gasteiger partial charge in [-0.1, -0.05) is 18.6 Å². The molecule has 1 atom stereocenters. The molecule has 0 bridgehead atoms. The van der Waals surface area contributed by atoms with Gasteiger partial charge in [0.15, 0.2) is 5.11 Å². The number of anilines is 1. The van der Waals surface area contributed by atoms with Crippen LogP contribution in [0.5, 0.6) is 0 Å². The van der Waals surface area contributed by atoms with E-state index in [-0.39, 0.29) is 32.0 Å². The molecule has 8 N–H and O–H groups in total. The lowest BCUT2D eigenvalue weighted by molar-refractivity contribution is -0.144. The van der Waals surface area contributed by atoms with E-state index in [0.717, 1.165) is 24.2 Å². The summed E-state index contributed by atoms with van der Waals surface area (Å²) in [7, 11) is 1.60. The van der Waals surface area contributed by atoms with Crippen molar-refractivity contribution in [1.82, 2.24) is 25.3 Å². The van der Waals surface area contributed by atoms with Gasteiger partial charge in [0, 0.05) is 51.4 Å². The summed E-state index contributed by atoms with van der Waals surface area (Å²) in [6.45, 7) is -2.74. The number of carbonyl (C=O) groups is 6. The molecule has 17 nitrogen and oxygen atoms in total. The molecule has 0 aliphatic rings. The molecule has 0 heterocycles. The highest BCUT2D eigenvalue weighted by atomic mass is 32.1. The number of amides is 1. The Morgan fingerprint density at radius 2 is 1.23 bits per heavy atom. The van der Waals surface area contributed by atoms with Crippen LogP contribution in [0.3, 0.4) is 0 Å². The van der Waals surface area contributed by atoms with E-state index in [9.17, 15) is 44.1 Å². The normalized spacial score (nSPS) is 11.7. The van der Waals surface area contributed by atoms with Gasteiger partial charge in [0.25, 0.3) is 0 Å². The summed E-state index contributed by atoms with van der Waals surface area (Å²) < 4.78 is 0. The Morgan fingerprint density at radius 1 is 0.723 bits per heavy atom. The molecule has 0 radical (unpaired) electrons. The number of aliphatic carboxylic acids is 5. The zero-order chi connectivity index (χ0) is 35.4. The first-order valence-electron chi connectivity index (χ1n) is 14.8. The highest BCUT2D eigenvalue weighted by Gasteiger charge is 2.27. The van der Waals surface area contributed by atoms with Crippen LogP contribution < -0.4 is 16.0 Å². The molecular formula is C29H44N6O11S. The molecule has 1 aromatic rings. The highest BCUT2D eigenvalue weighted by molar-refractivity contribution is 7.80. The van der Waals surface area contributed by atoms with Gasteiger partial charge in [-0.25, -0.2) is 0 Å². The summed E-state index contributed by atoms with van der Waals surface area (Å²) in [5.74, 6) is -6.36. The smallest absolute Gasteiger partial charge is 0.317 e. The predicted molar refractivity (Wildman–Crippen MR) is 173 cm³/mol. The van der Waals surface area contributed by atoms with Crippen LogP contribution in [0.25, 0.3) is 0 Å². The molecule has 47 heavy (non-hydrogen) atoms. The summed E-state index contributed by atoms with van der Waals surface area (Å²) in [6.07, 6.45) is 3.03. The maximum atomic E-state index is 11.7. The lowest BCUT2D eigenvalue weighted by Gasteiger charge is -2.34. The van der Waals surface area contributed by atoms with Crippen LogP contribution in [0.1, 0.15) is 31.2 Å². The summed E-state index contributed by atoms with van der Waals surface area (Å²) in [5.41, 5.74) is 1.34. The minimum atomic E-state index is -1.29. The quantitative estimate of drug-likeness (QED) is 0.0478. The van der Waals surface area contributed by atoms with Gasteiger partial charge in [-0.2, -0.15) is 0 Å². The fourth-order valence-corrected chi connectivity index (χ4v) is 4.88. The van der Waals surface area contributed by atoms with Crippen molar-refractivity contribution in [3.8, 4) is 0 Å². The first-order chi connectivity index (χ1) is 22.2. The van der Waals surface area contributed by atoms with E-state index in [0.29, 0.717) is 29.3 Å². The second-order valence-electron chi connectivity index (χ2n) is 10.7. The van der Waals surface area contributed by atoms with Crippen molar-refractivity contribution in [1.29, 1.82) is 0 Å². The molecule has 262 valence electrons. The number of benzene rings is 1. The Labute approximate surface area is 277 Å². The molecule has 0 spiro atoms. The summed E-state index contributed by atoms with van der Waals surface area (Å²) in [5, 5.41) is 55.9. The number of hydrogen-bond donors (Lipinski definition) is 8. The molecule has 1 aromatic carbocycles. The number of nitrogens with one attached hydrogen (secondary N) is 3. The minimum Gasteiger partial charge on any atom is -0.480 e. The number of rotatable bonds is 25. The van der Waals surface area contributed by atoms with Gasteiger partial charge in [0.05, 0.1) is 32.7 Å². The Balaban J connectivity index is 3.03. The van der Waals surface area contributed by atoms with Crippen LogP contribution in [0.15, 0.2) is 24.3 Å². The number of unbranched alkanes of at least 4 members (excludes halogenated alkanes) is 2. The molecule has 18 heteroatoms. The Morgan fingerprint density at radius 3 is 1.74 bits per heavy atom. The molecule has 0 aromatic heterocycles. The van der Waals surface area contributed by atoms with Crippen molar-refractivity contribution < 1.29 is 54.3 Å². The third kappa shape index (κ3) is 19.7. The number of carbonyl (C=O) groups excluding carboxylic acids is 1. The van der Waals surface area contributed by atoms with E-state index >= 15 is 0 Å². The molecule has 0 unspecified atom stereocenters. The number of hydrogen-bond acceptors (Lipinski definition) is 10. The fourth-order valence-electron chi connectivity index (χ4n) is 4.66. The second kappa shape index (κ2) is 22.2. The third-order valence-electron chi connectivity index (χ3n) is 6.80. The molecule has 0 aliphatic carbocycles. The lowest BCUT2D eigenvalue weighted by atomic mass is 10.0. The van der Waals surface area contributed by atoms with Crippen LogP contribution in [-0.2, 0) is 35.2 Å². The van der Waals surface area contributed by atoms with Gasteiger partial charge >= 0.3 is 29.8 Å². The zero-order valence-electron chi connectivity index (χ0n) is 26.2. The van der Waals surface area contributed by atoms with Crippen LogP contribution in [0.2, 0.25) is 0 Å². The van der Waals surface area contributed by atoms with Gasteiger partial charge in [-0.05, 0) is 49.2 Å². The van der Waals surface area contributed by atoms with E-state index < -0.39 is 68.6 Å². The van der Waals surface area contributed by atoms with Crippen LogP contribution in [0.4, 0.5) is 5.69 Å². The van der Waals surface area contributed by atoms with E-state index in [1.165, 1.54) is 9.80 Å². The number of nitrogens with zero attached hydrogens (tertiary/aromatic N) is 3. The fraction of sp³-hybridized carbons (Fsp3) is 0.552. The van der Waals surface area contributed by atoms with Crippen molar-refractivity contribution in [2.75, 3.05) is 71.3 Å². The van der Waals surface area contributed by atoms with Crippen molar-refractivity contribution in [3.63, 3.8) is 0 Å². The Kier molecular flexibility index (Phi) is 19.2. The van der Waals surface area contributed by atoms with Crippen molar-refractivity contribution in [2.24, 2.45) is 0 Å².